The number of hydrogen-bond acceptors (Lipinski definition) is 7. The summed E-state index contributed by atoms with van der Waals surface area (Å²) in [5.74, 6) is -1.56. The van der Waals surface area contributed by atoms with Gasteiger partial charge in [-0.05, 0) is 66.9 Å². The summed E-state index contributed by atoms with van der Waals surface area (Å²) in [5, 5.41) is 5.03. The number of carbonyl (C=O) groups is 3. The van der Waals surface area contributed by atoms with E-state index in [1.807, 2.05) is 49.6 Å². The number of nitrogens with zero attached hydrogens (tertiary/aromatic N) is 2. The minimum absolute atomic E-state index is 0.0704. The number of amides is 3. The Bertz CT molecular complexity index is 1220. The van der Waals surface area contributed by atoms with Crippen LogP contribution in [0.3, 0.4) is 0 Å². The third kappa shape index (κ3) is 4.69. The number of hydrogen-bond donors (Lipinski definition) is 3. The Morgan fingerprint density at radius 1 is 1.18 bits per heavy atom. The monoisotopic (exact) mass is 497 g/mol. The molecule has 0 radical (unpaired) electrons. The maximum absolute atomic E-state index is 14.0. The number of benzene rings is 1. The van der Waals surface area contributed by atoms with Crippen molar-refractivity contribution in [3.63, 3.8) is 0 Å². The Morgan fingerprint density at radius 2 is 1.91 bits per heavy atom. The Labute approximate surface area is 206 Å². The van der Waals surface area contributed by atoms with Crippen molar-refractivity contribution in [3.8, 4) is 0 Å². The lowest BCUT2D eigenvalue weighted by Gasteiger charge is -2.32. The van der Waals surface area contributed by atoms with Crippen LogP contribution in [0.25, 0.3) is 0 Å². The zero-order valence-corrected chi connectivity index (χ0v) is 20.7. The average Bonchev–Trinajstić information content (AvgIpc) is 3.56. The number of nitrogens with one attached hydrogen (secondary N) is 1. The summed E-state index contributed by atoms with van der Waals surface area (Å²) in [6, 6.07) is 8.62. The molecule has 0 aliphatic heterocycles. The molecule has 3 amide bonds. The van der Waals surface area contributed by atoms with Crippen molar-refractivity contribution in [2.75, 3.05) is 10.6 Å². The minimum atomic E-state index is -0.910. The molecule has 8 nitrogen and oxygen atoms in total. The third-order valence-electron chi connectivity index (χ3n) is 6.02. The van der Waals surface area contributed by atoms with Crippen LogP contribution >= 0.6 is 22.9 Å². The lowest BCUT2D eigenvalue weighted by atomic mass is 10.0. The van der Waals surface area contributed by atoms with Gasteiger partial charge >= 0.3 is 0 Å². The molecule has 0 saturated heterocycles. The molecule has 2 heterocycles. The van der Waals surface area contributed by atoms with E-state index in [2.05, 4.69) is 9.69 Å². The number of nitrogen functional groups attached to an aromatic ring is 1. The van der Waals surface area contributed by atoms with E-state index in [9.17, 15) is 14.4 Å². The first-order valence-electron chi connectivity index (χ1n) is 11.1. The molecular formula is C24H27N5O3S2. The second-order valence-corrected chi connectivity index (χ2v) is 10.3. The van der Waals surface area contributed by atoms with E-state index in [1.54, 1.807) is 0 Å². The Morgan fingerprint density at radius 3 is 2.53 bits per heavy atom. The first kappa shape index (κ1) is 23.9. The van der Waals surface area contributed by atoms with Crippen LogP contribution in [0.15, 0.2) is 35.7 Å². The van der Waals surface area contributed by atoms with Crippen LogP contribution in [0.1, 0.15) is 67.9 Å². The van der Waals surface area contributed by atoms with Gasteiger partial charge in [0.1, 0.15) is 4.88 Å². The van der Waals surface area contributed by atoms with Gasteiger partial charge < -0.3 is 16.8 Å². The van der Waals surface area contributed by atoms with Gasteiger partial charge in [0.15, 0.2) is 11.7 Å². The van der Waals surface area contributed by atoms with Crippen LogP contribution < -0.4 is 21.7 Å². The molecule has 0 spiro atoms. The van der Waals surface area contributed by atoms with Crippen molar-refractivity contribution in [2.45, 2.75) is 51.6 Å². The van der Waals surface area contributed by atoms with E-state index in [0.29, 0.717) is 5.69 Å². The molecule has 1 atom stereocenters. The van der Waals surface area contributed by atoms with E-state index in [-0.39, 0.29) is 28.2 Å². The van der Waals surface area contributed by atoms with Gasteiger partial charge in [-0.2, -0.15) is 4.37 Å². The number of primary amides is 1. The number of aromatic nitrogens is 1. The topological polar surface area (TPSA) is 131 Å². The van der Waals surface area contributed by atoms with Gasteiger partial charge in [0.25, 0.3) is 11.8 Å². The van der Waals surface area contributed by atoms with Crippen LogP contribution in [0.2, 0.25) is 0 Å². The normalized spacial score (nSPS) is 14.6. The van der Waals surface area contributed by atoms with Crippen molar-refractivity contribution in [2.24, 2.45) is 5.73 Å². The highest BCUT2D eigenvalue weighted by molar-refractivity contribution is 7.10. The smallest absolute Gasteiger partial charge is 0.273 e. The first-order valence-corrected chi connectivity index (χ1v) is 12.7. The first-order chi connectivity index (χ1) is 16.3. The molecule has 34 heavy (non-hydrogen) atoms. The molecule has 178 valence electrons. The van der Waals surface area contributed by atoms with Crippen molar-refractivity contribution in [1.29, 1.82) is 0 Å². The number of aryl methyl sites for hydroxylation is 2. The lowest BCUT2D eigenvalue weighted by molar-refractivity contribution is -0.123. The number of thiophene rings is 1. The van der Waals surface area contributed by atoms with Crippen molar-refractivity contribution in [1.82, 2.24) is 9.69 Å². The van der Waals surface area contributed by atoms with Gasteiger partial charge in [0.2, 0.25) is 5.91 Å². The molecule has 4 rings (SSSR count). The van der Waals surface area contributed by atoms with Crippen LogP contribution in [-0.4, -0.2) is 28.1 Å². The van der Waals surface area contributed by atoms with Crippen molar-refractivity contribution < 1.29 is 14.4 Å². The second kappa shape index (κ2) is 9.94. The summed E-state index contributed by atoms with van der Waals surface area (Å²) >= 11 is 2.21. The zero-order valence-electron chi connectivity index (χ0n) is 19.0. The summed E-state index contributed by atoms with van der Waals surface area (Å²) in [6.07, 6.45) is 3.98. The maximum Gasteiger partial charge on any atom is 0.273 e. The Kier molecular flexibility index (Phi) is 6.99. The van der Waals surface area contributed by atoms with Gasteiger partial charge in [-0.1, -0.05) is 31.0 Å². The largest absolute Gasteiger partial charge is 0.395 e. The third-order valence-corrected chi connectivity index (χ3v) is 7.80. The zero-order chi connectivity index (χ0) is 24.4. The van der Waals surface area contributed by atoms with Crippen molar-refractivity contribution >= 4 is 52.0 Å². The van der Waals surface area contributed by atoms with Gasteiger partial charge in [-0.25, -0.2) is 0 Å². The summed E-state index contributed by atoms with van der Waals surface area (Å²) in [5.41, 5.74) is 13.6. The summed E-state index contributed by atoms with van der Waals surface area (Å²) in [4.78, 5) is 41.8. The molecule has 3 aromatic rings. The number of nitrogens with two attached hydrogens (primary N) is 2. The standard InChI is InChI=1S/C24H27N5O3S2/c1-13-9-10-14(2)16(12-13)29(24(32)21-18(25)19(22(26)30)28-34-21)20(17-8-5-11-33-17)23(31)27-15-6-3-4-7-15/h5,8-12,15,20H,3-4,6-7,25H2,1-2H3,(H2,26,30)(H,27,31)/t20-/m0/s1. The van der Waals surface area contributed by atoms with Crippen LogP contribution in [0.5, 0.6) is 0 Å². The van der Waals surface area contributed by atoms with E-state index >= 15 is 0 Å². The Balaban J connectivity index is 1.85. The highest BCUT2D eigenvalue weighted by Gasteiger charge is 2.38. The molecule has 1 saturated carbocycles. The fourth-order valence-corrected chi connectivity index (χ4v) is 5.81. The lowest BCUT2D eigenvalue weighted by Crippen LogP contribution is -2.46. The van der Waals surface area contributed by atoms with E-state index in [4.69, 9.17) is 11.5 Å². The molecule has 5 N–H and O–H groups in total. The maximum atomic E-state index is 14.0. The van der Waals surface area contributed by atoms with Gasteiger partial charge in [0.05, 0.1) is 5.69 Å². The number of carbonyl (C=O) groups excluding carboxylic acids is 3. The summed E-state index contributed by atoms with van der Waals surface area (Å²) in [6.45, 7) is 3.82. The SMILES string of the molecule is Cc1ccc(C)c(N(C(=O)c2snc(C(N)=O)c2N)[C@H](C(=O)NC2CCCC2)c2cccs2)c1. The summed E-state index contributed by atoms with van der Waals surface area (Å²) in [7, 11) is 0. The highest BCUT2D eigenvalue weighted by atomic mass is 32.1. The fraction of sp³-hybridized carbons (Fsp3) is 0.333. The molecule has 1 aliphatic rings. The van der Waals surface area contributed by atoms with E-state index in [1.165, 1.54) is 16.2 Å². The van der Waals surface area contributed by atoms with E-state index in [0.717, 1.165) is 53.2 Å². The minimum Gasteiger partial charge on any atom is -0.395 e. The molecular weight excluding hydrogens is 470 g/mol. The molecule has 1 aromatic carbocycles. The molecule has 0 unspecified atom stereocenters. The molecule has 10 heteroatoms. The number of rotatable bonds is 7. The summed E-state index contributed by atoms with van der Waals surface area (Å²) < 4.78 is 4.00. The molecule has 1 fully saturated rings. The van der Waals surface area contributed by atoms with Crippen LogP contribution in [0, 0.1) is 13.8 Å². The van der Waals surface area contributed by atoms with Crippen LogP contribution in [-0.2, 0) is 4.79 Å². The van der Waals surface area contributed by atoms with Crippen molar-refractivity contribution in [3.05, 3.63) is 62.3 Å². The average molecular weight is 498 g/mol. The predicted molar refractivity (Wildman–Crippen MR) is 135 cm³/mol. The highest BCUT2D eigenvalue weighted by Crippen LogP contribution is 2.37. The van der Waals surface area contributed by atoms with Gasteiger partial charge in [-0.3, -0.25) is 19.3 Å². The molecule has 1 aliphatic carbocycles. The molecule has 0 bridgehead atoms. The van der Waals surface area contributed by atoms with Gasteiger partial charge in [-0.15, -0.1) is 11.3 Å². The fourth-order valence-electron chi connectivity index (χ4n) is 4.25. The quantitative estimate of drug-likeness (QED) is 0.455. The second-order valence-electron chi connectivity index (χ2n) is 8.51. The Hall–Kier alpha value is -3.24. The van der Waals surface area contributed by atoms with Gasteiger partial charge in [0, 0.05) is 16.6 Å². The molecule has 2 aromatic heterocycles. The number of anilines is 2. The van der Waals surface area contributed by atoms with E-state index < -0.39 is 17.9 Å². The predicted octanol–water partition coefficient (Wildman–Crippen LogP) is 3.95. The van der Waals surface area contributed by atoms with Crippen LogP contribution in [0.4, 0.5) is 11.4 Å².